The van der Waals surface area contributed by atoms with Gasteiger partial charge in [0.2, 0.25) is 0 Å². The minimum absolute atomic E-state index is 0.254. The lowest BCUT2D eigenvalue weighted by molar-refractivity contribution is -0.122. The van der Waals surface area contributed by atoms with Crippen LogP contribution in [0.25, 0.3) is 0 Å². The van der Waals surface area contributed by atoms with Gasteiger partial charge in [-0.15, -0.1) is 11.3 Å². The van der Waals surface area contributed by atoms with Gasteiger partial charge in [0, 0.05) is 4.88 Å². The quantitative estimate of drug-likeness (QED) is 0.937. The molecule has 0 aliphatic heterocycles. The molecular formula is C16H17FN2O2S. The topological polar surface area (TPSA) is 51.2 Å². The number of benzene rings is 1. The molecule has 0 saturated carbocycles. The van der Waals surface area contributed by atoms with Gasteiger partial charge in [0.15, 0.2) is 11.2 Å². The summed E-state index contributed by atoms with van der Waals surface area (Å²) in [5, 5.41) is 3.43. The maximum atomic E-state index is 12.8. The number of carbonyl (C=O) groups excluding carboxylic acids is 1. The third-order valence-corrected chi connectivity index (χ3v) is 4.64. The highest BCUT2D eigenvalue weighted by molar-refractivity contribution is 7.15. The molecule has 3 rings (SSSR count). The molecule has 4 nitrogen and oxygen atoms in total. The van der Waals surface area contributed by atoms with Crippen LogP contribution in [0.2, 0.25) is 0 Å². The number of ether oxygens (including phenoxy) is 1. The maximum Gasteiger partial charge on any atom is 0.266 e. The molecule has 22 heavy (non-hydrogen) atoms. The number of thiazole rings is 1. The van der Waals surface area contributed by atoms with Crippen molar-refractivity contribution in [3.8, 4) is 5.75 Å². The highest BCUT2D eigenvalue weighted by Crippen LogP contribution is 2.29. The van der Waals surface area contributed by atoms with E-state index in [9.17, 15) is 9.18 Å². The van der Waals surface area contributed by atoms with E-state index in [0.717, 1.165) is 25.0 Å². The highest BCUT2D eigenvalue weighted by Gasteiger charge is 2.19. The Hall–Kier alpha value is -1.95. The molecule has 1 aromatic heterocycles. The van der Waals surface area contributed by atoms with Gasteiger partial charge in [-0.2, -0.15) is 0 Å². The second-order valence-electron chi connectivity index (χ2n) is 5.30. The van der Waals surface area contributed by atoms with E-state index in [2.05, 4.69) is 10.3 Å². The van der Waals surface area contributed by atoms with Crippen LogP contribution in [-0.4, -0.2) is 17.0 Å². The number of amides is 1. The van der Waals surface area contributed by atoms with Crippen molar-refractivity contribution >= 4 is 22.4 Å². The molecule has 2 aromatic rings. The fourth-order valence-corrected chi connectivity index (χ4v) is 3.44. The number of carbonyl (C=O) groups is 1. The summed E-state index contributed by atoms with van der Waals surface area (Å²) < 4.78 is 18.3. The second-order valence-corrected chi connectivity index (χ2v) is 6.38. The molecule has 1 N–H and O–H groups in total. The smallest absolute Gasteiger partial charge is 0.266 e. The number of hydrogen-bond donors (Lipinski definition) is 1. The molecule has 116 valence electrons. The Kier molecular flexibility index (Phi) is 4.38. The summed E-state index contributed by atoms with van der Waals surface area (Å²) in [5.74, 6) is -0.129. The Morgan fingerprint density at radius 3 is 2.77 bits per heavy atom. The Morgan fingerprint density at radius 1 is 1.32 bits per heavy atom. The molecule has 1 aliphatic rings. The van der Waals surface area contributed by atoms with Gasteiger partial charge in [0.05, 0.1) is 5.69 Å². The summed E-state index contributed by atoms with van der Waals surface area (Å²) in [5.41, 5.74) is 1.11. The second kappa shape index (κ2) is 6.44. The van der Waals surface area contributed by atoms with Crippen LogP contribution in [0.4, 0.5) is 9.52 Å². The highest BCUT2D eigenvalue weighted by atomic mass is 32.1. The number of aromatic nitrogens is 1. The average Bonchev–Trinajstić information content (AvgIpc) is 2.91. The van der Waals surface area contributed by atoms with Crippen molar-refractivity contribution in [2.24, 2.45) is 0 Å². The molecule has 0 saturated heterocycles. The number of nitrogens with one attached hydrogen (secondary N) is 1. The zero-order chi connectivity index (χ0) is 15.5. The molecule has 1 aromatic carbocycles. The number of fused-ring (bicyclic) bond motifs is 1. The lowest BCUT2D eigenvalue weighted by Gasteiger charge is -2.13. The third-order valence-electron chi connectivity index (χ3n) is 3.57. The number of anilines is 1. The molecular weight excluding hydrogens is 303 g/mol. The molecule has 1 aliphatic carbocycles. The Bertz CT molecular complexity index is 646. The summed E-state index contributed by atoms with van der Waals surface area (Å²) >= 11 is 1.54. The van der Waals surface area contributed by atoms with Crippen LogP contribution in [0, 0.1) is 5.82 Å². The largest absolute Gasteiger partial charge is 0.481 e. The van der Waals surface area contributed by atoms with Gasteiger partial charge in [-0.1, -0.05) is 0 Å². The van der Waals surface area contributed by atoms with Crippen LogP contribution in [0.3, 0.4) is 0 Å². The van der Waals surface area contributed by atoms with E-state index in [-0.39, 0.29) is 11.7 Å². The van der Waals surface area contributed by atoms with E-state index in [1.54, 1.807) is 18.3 Å². The van der Waals surface area contributed by atoms with E-state index < -0.39 is 6.10 Å². The van der Waals surface area contributed by atoms with Gasteiger partial charge in [-0.3, -0.25) is 10.1 Å². The van der Waals surface area contributed by atoms with E-state index in [4.69, 9.17) is 4.74 Å². The van der Waals surface area contributed by atoms with Gasteiger partial charge in [0.1, 0.15) is 11.6 Å². The zero-order valence-corrected chi connectivity index (χ0v) is 13.1. The first-order chi connectivity index (χ1) is 10.6. The molecule has 6 heteroatoms. The van der Waals surface area contributed by atoms with Crippen LogP contribution in [-0.2, 0) is 17.6 Å². The first-order valence-electron chi connectivity index (χ1n) is 7.33. The monoisotopic (exact) mass is 320 g/mol. The molecule has 1 amide bonds. The van der Waals surface area contributed by atoms with Crippen LogP contribution in [0.1, 0.15) is 30.3 Å². The molecule has 1 atom stereocenters. The first-order valence-corrected chi connectivity index (χ1v) is 8.15. The normalized spacial score (nSPS) is 15.0. The number of halogens is 1. The van der Waals surface area contributed by atoms with Crippen LogP contribution < -0.4 is 10.1 Å². The zero-order valence-electron chi connectivity index (χ0n) is 12.3. The van der Waals surface area contributed by atoms with Crippen molar-refractivity contribution in [3.63, 3.8) is 0 Å². The molecule has 0 fully saturated rings. The van der Waals surface area contributed by atoms with Gasteiger partial charge in [-0.25, -0.2) is 9.37 Å². The molecule has 0 bridgehead atoms. The van der Waals surface area contributed by atoms with Crippen molar-refractivity contribution < 1.29 is 13.9 Å². The molecule has 1 unspecified atom stereocenters. The third kappa shape index (κ3) is 3.44. The summed E-state index contributed by atoms with van der Waals surface area (Å²) in [4.78, 5) is 17.9. The molecule has 0 radical (unpaired) electrons. The van der Waals surface area contributed by atoms with Crippen LogP contribution in [0.15, 0.2) is 24.3 Å². The first kappa shape index (κ1) is 15.0. The summed E-state index contributed by atoms with van der Waals surface area (Å²) in [6.07, 6.45) is 3.71. The predicted molar refractivity (Wildman–Crippen MR) is 83.9 cm³/mol. The summed E-state index contributed by atoms with van der Waals surface area (Å²) in [6.45, 7) is 1.66. The van der Waals surface area contributed by atoms with Gasteiger partial charge >= 0.3 is 0 Å². The minimum Gasteiger partial charge on any atom is -0.481 e. The van der Waals surface area contributed by atoms with Crippen molar-refractivity contribution in [3.05, 3.63) is 40.7 Å². The van der Waals surface area contributed by atoms with E-state index >= 15 is 0 Å². The Labute approximate surface area is 132 Å². The fraction of sp³-hybridized carbons (Fsp3) is 0.375. The SMILES string of the molecule is CC(Oc1ccc(F)cc1)C(=O)Nc1nc2c(s1)CCCC2. The lowest BCUT2D eigenvalue weighted by Crippen LogP contribution is -2.30. The number of hydrogen-bond acceptors (Lipinski definition) is 4. The van der Waals surface area contributed by atoms with Crippen LogP contribution in [0.5, 0.6) is 5.75 Å². The Morgan fingerprint density at radius 2 is 2.05 bits per heavy atom. The average molecular weight is 320 g/mol. The van der Waals surface area contributed by atoms with Gasteiger partial charge in [0.25, 0.3) is 5.91 Å². The van der Waals surface area contributed by atoms with E-state index in [0.29, 0.717) is 10.9 Å². The van der Waals surface area contributed by atoms with Crippen molar-refractivity contribution in [1.82, 2.24) is 4.98 Å². The van der Waals surface area contributed by atoms with Gasteiger partial charge < -0.3 is 4.74 Å². The van der Waals surface area contributed by atoms with Gasteiger partial charge in [-0.05, 0) is 56.9 Å². The van der Waals surface area contributed by atoms with Crippen LogP contribution >= 0.6 is 11.3 Å². The van der Waals surface area contributed by atoms with E-state index in [1.807, 2.05) is 0 Å². The lowest BCUT2D eigenvalue weighted by atomic mass is 10.0. The Balaban J connectivity index is 1.61. The fourth-order valence-electron chi connectivity index (χ4n) is 2.38. The number of rotatable bonds is 4. The van der Waals surface area contributed by atoms with E-state index in [1.165, 1.54) is 35.6 Å². The number of nitrogens with zero attached hydrogens (tertiary/aromatic N) is 1. The minimum atomic E-state index is -0.675. The predicted octanol–water partition coefficient (Wildman–Crippen LogP) is 3.57. The van der Waals surface area contributed by atoms with Crippen molar-refractivity contribution in [2.45, 2.75) is 38.7 Å². The van der Waals surface area contributed by atoms with Crippen molar-refractivity contribution in [2.75, 3.05) is 5.32 Å². The standard InChI is InChI=1S/C16H17FN2O2S/c1-10(21-12-8-6-11(17)7-9-12)15(20)19-16-18-13-4-2-3-5-14(13)22-16/h6-10H,2-5H2,1H3,(H,18,19,20). The molecule has 0 spiro atoms. The maximum absolute atomic E-state index is 12.8. The van der Waals surface area contributed by atoms with Crippen molar-refractivity contribution in [1.29, 1.82) is 0 Å². The summed E-state index contributed by atoms with van der Waals surface area (Å²) in [6, 6.07) is 5.60. The molecule has 1 heterocycles. The number of aryl methyl sites for hydroxylation is 2. The summed E-state index contributed by atoms with van der Waals surface area (Å²) in [7, 11) is 0.